The number of aromatic nitrogens is 1. The number of nitrogens with one attached hydrogen (secondary N) is 1. The predicted octanol–water partition coefficient (Wildman–Crippen LogP) is 4.98. The van der Waals surface area contributed by atoms with E-state index >= 15 is 0 Å². The molecule has 2 aromatic carbocycles. The molecule has 1 amide bonds. The molecule has 0 aliphatic carbocycles. The van der Waals surface area contributed by atoms with Gasteiger partial charge in [0, 0.05) is 16.4 Å². The summed E-state index contributed by atoms with van der Waals surface area (Å²) in [5.41, 5.74) is 4.41. The fourth-order valence-electron chi connectivity index (χ4n) is 2.61. The molecule has 124 valence electrons. The summed E-state index contributed by atoms with van der Waals surface area (Å²) in [7, 11) is 0. The summed E-state index contributed by atoms with van der Waals surface area (Å²) in [5.74, 6) is -0.319. The van der Waals surface area contributed by atoms with E-state index in [1.54, 1.807) is 16.8 Å². The molecule has 0 saturated heterocycles. The van der Waals surface area contributed by atoms with E-state index in [0.717, 1.165) is 21.3 Å². The molecule has 1 N–H and O–H groups in total. The number of nitrogens with zero attached hydrogens (tertiary/aromatic N) is 2. The zero-order valence-corrected chi connectivity index (χ0v) is 15.5. The average molecular weight is 394 g/mol. The van der Waals surface area contributed by atoms with Crippen LogP contribution in [-0.4, -0.2) is 10.5 Å². The molecular weight excluding hydrogens is 378 g/mol. The van der Waals surface area contributed by atoms with Crippen LogP contribution in [0.4, 0.5) is 5.69 Å². The van der Waals surface area contributed by atoms with E-state index in [4.69, 9.17) is 0 Å². The summed E-state index contributed by atoms with van der Waals surface area (Å²) in [4.78, 5) is 12.9. The van der Waals surface area contributed by atoms with E-state index in [1.165, 1.54) is 0 Å². The first-order valence-electron chi connectivity index (χ1n) is 7.76. The fraction of sp³-hybridized carbons (Fsp3) is 0.100. The Bertz CT molecular complexity index is 998. The number of anilines is 1. The summed E-state index contributed by atoms with van der Waals surface area (Å²) in [6, 6.07) is 17.1. The quantitative estimate of drug-likeness (QED) is 0.681. The number of hydrogen-bond acceptors (Lipinski definition) is 2. The zero-order valence-electron chi connectivity index (χ0n) is 13.9. The minimum Gasteiger partial charge on any atom is -0.321 e. The van der Waals surface area contributed by atoms with Gasteiger partial charge in [-0.1, -0.05) is 18.2 Å². The molecule has 0 spiro atoms. The molecule has 0 bridgehead atoms. The van der Waals surface area contributed by atoms with Gasteiger partial charge < -0.3 is 9.88 Å². The highest BCUT2D eigenvalue weighted by Gasteiger charge is 2.19. The summed E-state index contributed by atoms with van der Waals surface area (Å²) in [6.07, 6.45) is 1.73. The van der Waals surface area contributed by atoms with E-state index in [1.807, 2.05) is 56.3 Å². The van der Waals surface area contributed by atoms with Crippen molar-refractivity contribution in [1.82, 2.24) is 4.57 Å². The molecule has 0 saturated carbocycles. The molecule has 4 nitrogen and oxygen atoms in total. The normalized spacial score (nSPS) is 10.3. The maximum Gasteiger partial charge on any atom is 0.274 e. The Hall–Kier alpha value is -2.84. The number of rotatable bonds is 3. The Kier molecular flexibility index (Phi) is 4.73. The monoisotopic (exact) mass is 393 g/mol. The van der Waals surface area contributed by atoms with Gasteiger partial charge in [0.25, 0.3) is 5.91 Å². The standard InChI is InChI=1S/C20H16BrN3O/c1-13-7-8-16(11-14(13)2)23-20(25)19-15(12-22)9-10-24(19)18-6-4-3-5-17(18)21/h3-11H,1-2H3,(H,23,25). The minimum absolute atomic E-state index is 0.313. The van der Waals surface area contributed by atoms with Gasteiger partial charge in [-0.15, -0.1) is 0 Å². The van der Waals surface area contributed by atoms with Gasteiger partial charge in [0.05, 0.1) is 11.3 Å². The van der Waals surface area contributed by atoms with E-state index in [9.17, 15) is 10.1 Å². The third-order valence-corrected chi connectivity index (χ3v) is 4.77. The largest absolute Gasteiger partial charge is 0.321 e. The molecule has 3 rings (SSSR count). The van der Waals surface area contributed by atoms with E-state index in [0.29, 0.717) is 16.9 Å². The zero-order chi connectivity index (χ0) is 18.0. The van der Waals surface area contributed by atoms with Crippen LogP contribution in [0.3, 0.4) is 0 Å². The van der Waals surface area contributed by atoms with Gasteiger partial charge in [-0.05, 0) is 71.2 Å². The number of carbonyl (C=O) groups is 1. The van der Waals surface area contributed by atoms with E-state index in [-0.39, 0.29) is 5.91 Å². The lowest BCUT2D eigenvalue weighted by Crippen LogP contribution is -2.17. The Balaban J connectivity index is 2.03. The topological polar surface area (TPSA) is 57.8 Å². The van der Waals surface area contributed by atoms with Crippen molar-refractivity contribution in [3.8, 4) is 11.8 Å². The molecule has 5 heteroatoms. The van der Waals surface area contributed by atoms with Crippen molar-refractivity contribution < 1.29 is 4.79 Å². The van der Waals surface area contributed by atoms with Gasteiger partial charge >= 0.3 is 0 Å². The van der Waals surface area contributed by atoms with Crippen molar-refractivity contribution in [2.45, 2.75) is 13.8 Å². The number of para-hydroxylation sites is 1. The molecule has 25 heavy (non-hydrogen) atoms. The molecule has 0 aliphatic rings. The summed E-state index contributed by atoms with van der Waals surface area (Å²) >= 11 is 3.50. The third kappa shape index (κ3) is 3.35. The highest BCUT2D eigenvalue weighted by molar-refractivity contribution is 9.10. The predicted molar refractivity (Wildman–Crippen MR) is 102 cm³/mol. The van der Waals surface area contributed by atoms with Crippen LogP contribution in [0.1, 0.15) is 27.2 Å². The highest BCUT2D eigenvalue weighted by Crippen LogP contribution is 2.25. The second-order valence-electron chi connectivity index (χ2n) is 5.76. The number of carbonyl (C=O) groups excluding carboxylic acids is 1. The lowest BCUT2D eigenvalue weighted by Gasteiger charge is -2.12. The van der Waals surface area contributed by atoms with Gasteiger partial charge in [0.1, 0.15) is 11.8 Å². The number of halogens is 1. The van der Waals surface area contributed by atoms with Crippen LogP contribution >= 0.6 is 15.9 Å². The maximum atomic E-state index is 12.9. The summed E-state index contributed by atoms with van der Waals surface area (Å²) < 4.78 is 2.56. The number of hydrogen-bond donors (Lipinski definition) is 1. The van der Waals surface area contributed by atoms with Crippen LogP contribution in [0.15, 0.2) is 59.2 Å². The number of amides is 1. The Morgan fingerprint density at radius 2 is 1.88 bits per heavy atom. The van der Waals surface area contributed by atoms with Crippen molar-refractivity contribution >= 4 is 27.5 Å². The van der Waals surface area contributed by atoms with Crippen molar-refractivity contribution in [2.24, 2.45) is 0 Å². The smallest absolute Gasteiger partial charge is 0.274 e. The molecule has 0 unspecified atom stereocenters. The molecule has 3 aromatic rings. The Morgan fingerprint density at radius 3 is 2.56 bits per heavy atom. The molecule has 0 radical (unpaired) electrons. The van der Waals surface area contributed by atoms with Crippen LogP contribution in [0.5, 0.6) is 0 Å². The Morgan fingerprint density at radius 1 is 1.12 bits per heavy atom. The van der Waals surface area contributed by atoms with Crippen LogP contribution in [0.2, 0.25) is 0 Å². The average Bonchev–Trinajstić information content (AvgIpc) is 3.02. The molecule has 0 atom stereocenters. The molecule has 1 aromatic heterocycles. The molecular formula is C20H16BrN3O. The van der Waals surface area contributed by atoms with Gasteiger partial charge in [-0.25, -0.2) is 0 Å². The van der Waals surface area contributed by atoms with Crippen LogP contribution in [0.25, 0.3) is 5.69 Å². The van der Waals surface area contributed by atoms with E-state index in [2.05, 4.69) is 27.3 Å². The first kappa shape index (κ1) is 17.0. The minimum atomic E-state index is -0.319. The van der Waals surface area contributed by atoms with Crippen LogP contribution in [0, 0.1) is 25.2 Å². The Labute approximate surface area is 154 Å². The molecule has 1 heterocycles. The van der Waals surface area contributed by atoms with E-state index < -0.39 is 0 Å². The highest BCUT2D eigenvalue weighted by atomic mass is 79.9. The first-order valence-corrected chi connectivity index (χ1v) is 8.55. The van der Waals surface area contributed by atoms with Gasteiger partial charge in [-0.2, -0.15) is 5.26 Å². The van der Waals surface area contributed by atoms with Crippen molar-refractivity contribution in [3.63, 3.8) is 0 Å². The number of benzene rings is 2. The van der Waals surface area contributed by atoms with Gasteiger partial charge in [0.15, 0.2) is 0 Å². The second-order valence-corrected chi connectivity index (χ2v) is 6.62. The summed E-state index contributed by atoms with van der Waals surface area (Å²) in [6.45, 7) is 4.02. The first-order chi connectivity index (χ1) is 12.0. The molecule has 0 fully saturated rings. The van der Waals surface area contributed by atoms with Crippen molar-refractivity contribution in [3.05, 3.63) is 81.6 Å². The van der Waals surface area contributed by atoms with Gasteiger partial charge in [0.2, 0.25) is 0 Å². The maximum absolute atomic E-state index is 12.9. The van der Waals surface area contributed by atoms with Crippen LogP contribution < -0.4 is 5.32 Å². The van der Waals surface area contributed by atoms with Crippen molar-refractivity contribution in [2.75, 3.05) is 5.32 Å². The third-order valence-electron chi connectivity index (χ3n) is 4.10. The second kappa shape index (κ2) is 6.96. The number of nitriles is 1. The van der Waals surface area contributed by atoms with Gasteiger partial charge in [-0.3, -0.25) is 4.79 Å². The number of aryl methyl sites for hydroxylation is 2. The fourth-order valence-corrected chi connectivity index (χ4v) is 3.09. The summed E-state index contributed by atoms with van der Waals surface area (Å²) in [5, 5.41) is 12.3. The SMILES string of the molecule is Cc1ccc(NC(=O)c2c(C#N)ccn2-c2ccccc2Br)cc1C. The molecule has 0 aliphatic heterocycles. The lowest BCUT2D eigenvalue weighted by molar-refractivity contribution is 0.102. The van der Waals surface area contributed by atoms with Crippen molar-refractivity contribution in [1.29, 1.82) is 5.26 Å². The lowest BCUT2D eigenvalue weighted by atomic mass is 10.1. The van der Waals surface area contributed by atoms with Crippen LogP contribution in [-0.2, 0) is 0 Å².